The van der Waals surface area contributed by atoms with Crippen molar-refractivity contribution in [2.75, 3.05) is 47.5 Å². The number of hydrogen-bond acceptors (Lipinski definition) is 4. The second-order valence-electron chi connectivity index (χ2n) is 13.4. The van der Waals surface area contributed by atoms with E-state index in [0.717, 1.165) is 32.3 Å². The van der Waals surface area contributed by atoms with Gasteiger partial charge in [0.1, 0.15) is 13.2 Å². The lowest BCUT2D eigenvalue weighted by Crippen LogP contribution is -2.37. The van der Waals surface area contributed by atoms with E-state index in [9.17, 15) is 9.46 Å². The van der Waals surface area contributed by atoms with Crippen LogP contribution >= 0.6 is 7.82 Å². The zero-order valence-electron chi connectivity index (χ0n) is 27.2. The summed E-state index contributed by atoms with van der Waals surface area (Å²) >= 11 is 0. The van der Waals surface area contributed by atoms with E-state index in [-0.39, 0.29) is 25.2 Å². The molecule has 3 atom stereocenters. The smallest absolute Gasteiger partial charge is 0.378 e. The molecular formula is C33H69NO5P+. The molecule has 6 nitrogen and oxygen atoms in total. The highest BCUT2D eigenvalue weighted by molar-refractivity contribution is 7.47. The van der Waals surface area contributed by atoms with Gasteiger partial charge in [-0.05, 0) is 19.3 Å². The third-order valence-corrected chi connectivity index (χ3v) is 9.37. The van der Waals surface area contributed by atoms with Crippen molar-refractivity contribution >= 4 is 7.82 Å². The van der Waals surface area contributed by atoms with Crippen molar-refractivity contribution in [2.45, 2.75) is 161 Å². The first kappa shape index (κ1) is 38.1. The molecule has 1 aliphatic carbocycles. The summed E-state index contributed by atoms with van der Waals surface area (Å²) in [5.41, 5.74) is 0. The fourth-order valence-corrected chi connectivity index (χ4v) is 6.43. The molecule has 0 spiro atoms. The van der Waals surface area contributed by atoms with Crippen molar-refractivity contribution in [3.8, 4) is 0 Å². The summed E-state index contributed by atoms with van der Waals surface area (Å²) in [5.74, 6) is 0.188. The number of unbranched alkanes of at least 4 members (excludes halogenated alkanes) is 19. The molecule has 0 heterocycles. The van der Waals surface area contributed by atoms with Crippen LogP contribution in [0.5, 0.6) is 0 Å². The monoisotopic (exact) mass is 590 g/mol. The number of nitrogens with zero attached hydrogens (tertiary/aromatic N) is 1. The molecule has 1 unspecified atom stereocenters. The molecule has 1 saturated carbocycles. The van der Waals surface area contributed by atoms with E-state index < -0.39 is 7.82 Å². The van der Waals surface area contributed by atoms with Gasteiger partial charge in [0, 0.05) is 12.5 Å². The van der Waals surface area contributed by atoms with Crippen LogP contribution in [0.1, 0.15) is 155 Å². The van der Waals surface area contributed by atoms with Gasteiger partial charge in [-0.25, -0.2) is 4.57 Å². The maximum absolute atomic E-state index is 12.2. The Kier molecular flexibility index (Phi) is 23.3. The Balaban J connectivity index is 1.87. The SMILES string of the molecule is CCCCCCCCCCCCCCCCCCCCCCO[C@H]1CCC[C@H]1COP(=O)(O)OCC[N+](C)(C)C. The molecular weight excluding hydrogens is 521 g/mol. The van der Waals surface area contributed by atoms with Gasteiger partial charge in [-0.2, -0.15) is 0 Å². The van der Waals surface area contributed by atoms with Crippen molar-refractivity contribution in [2.24, 2.45) is 5.92 Å². The number of quaternary nitrogens is 1. The minimum atomic E-state index is -3.99. The summed E-state index contributed by atoms with van der Waals surface area (Å²) in [6, 6.07) is 0. The number of rotatable bonds is 29. The second-order valence-corrected chi connectivity index (χ2v) is 14.9. The van der Waals surface area contributed by atoms with Gasteiger partial charge >= 0.3 is 7.82 Å². The standard InChI is InChI=1S/C33H68NO5P/c1-5-6-7-8-9-10-11-12-13-14-15-16-17-18-19-20-21-22-23-24-29-37-33-27-25-26-32(33)31-39-40(35,36)38-30-28-34(2,3)4/h32-33H,5-31H2,1-4H3/p+1/t32-,33-/m0/s1. The molecule has 0 aliphatic heterocycles. The van der Waals surface area contributed by atoms with Gasteiger partial charge in [-0.1, -0.05) is 135 Å². The highest BCUT2D eigenvalue weighted by atomic mass is 31.2. The van der Waals surface area contributed by atoms with Crippen LogP contribution in [-0.4, -0.2) is 63.0 Å². The van der Waals surface area contributed by atoms with E-state index in [2.05, 4.69) is 6.92 Å². The first-order chi connectivity index (χ1) is 19.2. The molecule has 0 radical (unpaired) electrons. The van der Waals surface area contributed by atoms with Crippen LogP contribution in [0, 0.1) is 5.92 Å². The minimum Gasteiger partial charge on any atom is -0.378 e. The predicted octanol–water partition coefficient (Wildman–Crippen LogP) is 9.83. The van der Waals surface area contributed by atoms with Gasteiger partial charge in [0.15, 0.2) is 0 Å². The van der Waals surface area contributed by atoms with E-state index in [4.69, 9.17) is 13.8 Å². The van der Waals surface area contributed by atoms with Crippen LogP contribution in [0.3, 0.4) is 0 Å². The van der Waals surface area contributed by atoms with Crippen molar-refractivity contribution in [3.63, 3.8) is 0 Å². The Morgan fingerprint density at radius 2 is 1.10 bits per heavy atom. The van der Waals surface area contributed by atoms with Crippen LogP contribution < -0.4 is 0 Å². The molecule has 1 rings (SSSR count). The first-order valence-electron chi connectivity index (χ1n) is 17.3. The molecule has 0 aromatic rings. The molecule has 0 bridgehead atoms. The average Bonchev–Trinajstić information content (AvgIpc) is 3.35. The molecule has 1 N–H and O–H groups in total. The topological polar surface area (TPSA) is 65.0 Å². The zero-order chi connectivity index (χ0) is 29.4. The Bertz CT molecular complexity index is 612. The summed E-state index contributed by atoms with van der Waals surface area (Å²) in [6.45, 7) is 4.18. The maximum atomic E-state index is 12.2. The van der Waals surface area contributed by atoms with Crippen LogP contribution in [0.4, 0.5) is 0 Å². The zero-order valence-corrected chi connectivity index (χ0v) is 28.1. The fourth-order valence-electron chi connectivity index (χ4n) is 5.66. The Morgan fingerprint density at radius 1 is 0.650 bits per heavy atom. The van der Waals surface area contributed by atoms with Gasteiger partial charge in [0.05, 0.1) is 33.9 Å². The fraction of sp³-hybridized carbons (Fsp3) is 1.00. The Hall–Kier alpha value is 0.0300. The molecule has 0 saturated heterocycles. The number of likely N-dealkylation sites (N-methyl/N-ethyl adjacent to an activating group) is 1. The van der Waals surface area contributed by atoms with Crippen LogP contribution in [0.15, 0.2) is 0 Å². The lowest BCUT2D eigenvalue weighted by molar-refractivity contribution is -0.870. The number of phosphoric ester groups is 1. The summed E-state index contributed by atoms with van der Waals surface area (Å²) in [4.78, 5) is 9.98. The number of ether oxygens (including phenoxy) is 1. The molecule has 240 valence electrons. The predicted molar refractivity (Wildman–Crippen MR) is 170 cm³/mol. The van der Waals surface area contributed by atoms with E-state index in [1.807, 2.05) is 21.1 Å². The van der Waals surface area contributed by atoms with Crippen molar-refractivity contribution in [1.29, 1.82) is 0 Å². The minimum absolute atomic E-state index is 0.145. The third kappa shape index (κ3) is 23.6. The van der Waals surface area contributed by atoms with Crippen LogP contribution in [0.2, 0.25) is 0 Å². The van der Waals surface area contributed by atoms with Crippen LogP contribution in [-0.2, 0) is 18.3 Å². The van der Waals surface area contributed by atoms with Crippen molar-refractivity contribution < 1.29 is 27.7 Å². The summed E-state index contributed by atoms with van der Waals surface area (Å²) in [7, 11) is 2.07. The molecule has 0 aromatic carbocycles. The van der Waals surface area contributed by atoms with Gasteiger partial charge in [-0.3, -0.25) is 9.05 Å². The molecule has 0 amide bonds. The maximum Gasteiger partial charge on any atom is 0.472 e. The number of hydrogen-bond donors (Lipinski definition) is 1. The summed E-state index contributed by atoms with van der Waals surface area (Å²) in [6.07, 6.45) is 31.1. The first-order valence-corrected chi connectivity index (χ1v) is 18.8. The van der Waals surface area contributed by atoms with Crippen LogP contribution in [0.25, 0.3) is 0 Å². The van der Waals surface area contributed by atoms with Gasteiger partial charge in [-0.15, -0.1) is 0 Å². The third-order valence-electron chi connectivity index (χ3n) is 8.39. The molecule has 40 heavy (non-hydrogen) atoms. The summed E-state index contributed by atoms with van der Waals surface area (Å²) in [5, 5.41) is 0. The molecule has 0 aromatic heterocycles. The molecule has 7 heteroatoms. The highest BCUT2D eigenvalue weighted by Crippen LogP contribution is 2.44. The van der Waals surface area contributed by atoms with E-state index in [1.54, 1.807) is 0 Å². The quantitative estimate of drug-likeness (QED) is 0.0533. The Morgan fingerprint density at radius 3 is 1.55 bits per heavy atom. The van der Waals surface area contributed by atoms with Crippen molar-refractivity contribution in [3.05, 3.63) is 0 Å². The lowest BCUT2D eigenvalue weighted by Gasteiger charge is -2.24. The van der Waals surface area contributed by atoms with E-state index in [0.29, 0.717) is 11.0 Å². The normalized spacial score (nSPS) is 19.3. The largest absolute Gasteiger partial charge is 0.472 e. The second kappa shape index (κ2) is 24.5. The van der Waals surface area contributed by atoms with E-state index >= 15 is 0 Å². The lowest BCUT2D eigenvalue weighted by atomic mass is 10.0. The van der Waals surface area contributed by atoms with Crippen molar-refractivity contribution in [1.82, 2.24) is 0 Å². The van der Waals surface area contributed by atoms with Gasteiger partial charge in [0.25, 0.3) is 0 Å². The average molecular weight is 591 g/mol. The number of phosphoric acid groups is 1. The Labute approximate surface area is 249 Å². The van der Waals surface area contributed by atoms with E-state index in [1.165, 1.54) is 122 Å². The van der Waals surface area contributed by atoms with Gasteiger partial charge < -0.3 is 14.1 Å². The molecule has 1 aliphatic rings. The van der Waals surface area contributed by atoms with Gasteiger partial charge in [0.2, 0.25) is 0 Å². The summed E-state index contributed by atoms with van der Waals surface area (Å²) < 4.78 is 29.5. The highest BCUT2D eigenvalue weighted by Gasteiger charge is 2.31. The molecule has 1 fully saturated rings.